The maximum absolute atomic E-state index is 11.5. The monoisotopic (exact) mass is 448 g/mol. The molecule has 1 aliphatic rings. The van der Waals surface area contributed by atoms with Crippen molar-refractivity contribution in [2.24, 2.45) is 0 Å². The number of hydrogen-bond acceptors (Lipinski definition) is 11. The van der Waals surface area contributed by atoms with Gasteiger partial charge in [0.1, 0.15) is 30.2 Å². The number of aliphatic hydroxyl groups excluding tert-OH is 2. The second kappa shape index (κ2) is 11.4. The minimum Gasteiger partial charge on any atom is -0.387 e. The van der Waals surface area contributed by atoms with E-state index in [-0.39, 0.29) is 73.6 Å². The number of ether oxygens (including phenoxy) is 1. The van der Waals surface area contributed by atoms with Gasteiger partial charge < -0.3 is 35.4 Å². The molecule has 1 unspecified atom stereocenters. The number of nitrogens with zero attached hydrogens (tertiary/aromatic N) is 4. The van der Waals surface area contributed by atoms with Gasteiger partial charge in [0.2, 0.25) is 0 Å². The molecule has 1 aliphatic heterocycles. The van der Waals surface area contributed by atoms with Crippen molar-refractivity contribution < 1.29 is 47.6 Å². The summed E-state index contributed by atoms with van der Waals surface area (Å²) in [6.07, 6.45) is -3.20. The van der Waals surface area contributed by atoms with E-state index in [1.807, 2.05) is 0 Å². The number of aromatic nitrogens is 4. The van der Waals surface area contributed by atoms with E-state index in [0.29, 0.717) is 0 Å². The van der Waals surface area contributed by atoms with Crippen LogP contribution in [0.25, 0.3) is 11.2 Å². The van der Waals surface area contributed by atoms with Gasteiger partial charge in [-0.05, 0) is 0 Å². The van der Waals surface area contributed by atoms with Crippen LogP contribution < -0.4 is 5.73 Å². The second-order valence-electron chi connectivity index (χ2n) is 5.47. The molecule has 2 aromatic heterocycles. The fourth-order valence-corrected chi connectivity index (χ4v) is 4.08. The number of aliphatic hydroxyl groups is 2. The first-order valence-corrected chi connectivity index (χ1v) is 10.2. The third-order valence-corrected chi connectivity index (χ3v) is 5.76. The van der Waals surface area contributed by atoms with Crippen LogP contribution in [0.2, 0.25) is 0 Å². The largest absolute Gasteiger partial charge is 0.481 e. The summed E-state index contributed by atoms with van der Waals surface area (Å²) in [5, 5.41) is 20.3. The van der Waals surface area contributed by atoms with E-state index >= 15 is 0 Å². The van der Waals surface area contributed by atoms with Gasteiger partial charge in [0.05, 0.1) is 12.9 Å². The van der Waals surface area contributed by atoms with E-state index in [1.54, 1.807) is 0 Å². The molecule has 2 aromatic rings. The fraction of sp³-hybridized carbons (Fsp3) is 0.500. The molecule has 1 saturated heterocycles. The SMILES string of the molecule is Nc1ncnc2c1ncn2[C@@H]1O[C@H](COP(=O)(O)OP(=O)(O)O)[C@@H](O)[C@H]1O.[Li].[Li].[Li]. The van der Waals surface area contributed by atoms with Crippen molar-refractivity contribution >= 4 is 89.2 Å². The van der Waals surface area contributed by atoms with Crippen LogP contribution in [0, 0.1) is 0 Å². The Balaban J connectivity index is 0.00000280. The van der Waals surface area contributed by atoms with E-state index < -0.39 is 46.8 Å². The van der Waals surface area contributed by atoms with Gasteiger partial charge in [-0.15, -0.1) is 0 Å². The average molecular weight is 448 g/mol. The van der Waals surface area contributed by atoms with Crippen molar-refractivity contribution in [1.29, 1.82) is 0 Å². The van der Waals surface area contributed by atoms with Crippen molar-refractivity contribution in [3.05, 3.63) is 12.7 Å². The van der Waals surface area contributed by atoms with Gasteiger partial charge in [0.15, 0.2) is 17.7 Å². The van der Waals surface area contributed by atoms with Crippen molar-refractivity contribution in [1.82, 2.24) is 19.5 Å². The van der Waals surface area contributed by atoms with Crippen molar-refractivity contribution in [2.45, 2.75) is 24.5 Å². The van der Waals surface area contributed by atoms with Gasteiger partial charge in [0, 0.05) is 56.6 Å². The first kappa shape index (κ1) is 30.3. The molecule has 1 fully saturated rings. The van der Waals surface area contributed by atoms with Crippen molar-refractivity contribution in [2.75, 3.05) is 12.3 Å². The molecule has 20 heteroatoms. The zero-order valence-electron chi connectivity index (χ0n) is 16.2. The van der Waals surface area contributed by atoms with E-state index in [4.69, 9.17) is 20.3 Å². The summed E-state index contributed by atoms with van der Waals surface area (Å²) < 4.78 is 36.8. The van der Waals surface area contributed by atoms with Crippen LogP contribution in [0.4, 0.5) is 5.82 Å². The quantitative estimate of drug-likeness (QED) is 0.192. The standard InChI is InChI=1S/C10H15N5O10P2.3Li/c11-8-5-9(13-2-12-8)15(3-14-5)10-7(17)6(16)4(24-10)1-23-27(21,22)25-26(18,19)20;;;/h2-4,6-7,10,16-17H,1H2,(H,21,22)(H2,11,12,13)(H2,18,19,20);;;/t4-,6-,7-,10-;;;/m1.../s1. The Morgan fingerprint density at radius 2 is 1.73 bits per heavy atom. The fourth-order valence-electron chi connectivity index (χ4n) is 2.48. The predicted molar refractivity (Wildman–Crippen MR) is 102 cm³/mol. The third-order valence-electron chi connectivity index (χ3n) is 3.61. The van der Waals surface area contributed by atoms with E-state index in [2.05, 4.69) is 23.8 Å². The zero-order chi connectivity index (χ0) is 20.0. The first-order valence-electron chi connectivity index (χ1n) is 7.17. The minimum atomic E-state index is -5.29. The molecule has 0 aromatic carbocycles. The third kappa shape index (κ3) is 6.89. The summed E-state index contributed by atoms with van der Waals surface area (Å²) in [5.74, 6) is 0.0856. The number of nitrogens with two attached hydrogens (primary N) is 1. The Kier molecular flexibility index (Phi) is 11.5. The van der Waals surface area contributed by atoms with Crippen LogP contribution in [0.3, 0.4) is 0 Å². The molecule has 30 heavy (non-hydrogen) atoms. The zero-order valence-corrected chi connectivity index (χ0v) is 18.0. The average Bonchev–Trinajstić information content (AvgIpc) is 3.07. The number of nitrogen functional groups attached to an aromatic ring is 1. The molecule has 0 aliphatic carbocycles. The summed E-state index contributed by atoms with van der Waals surface area (Å²) in [7, 11) is -10.4. The molecule has 5 atom stereocenters. The summed E-state index contributed by atoms with van der Waals surface area (Å²) in [6.45, 7) is -0.813. The molecule has 3 radical (unpaired) electrons. The first-order chi connectivity index (χ1) is 12.5. The minimum absolute atomic E-state index is 0. The second-order valence-corrected chi connectivity index (χ2v) is 8.30. The number of fused-ring (bicyclic) bond motifs is 1. The molecule has 0 amide bonds. The maximum Gasteiger partial charge on any atom is 0.481 e. The molecular weight excluding hydrogens is 433 g/mol. The van der Waals surface area contributed by atoms with Gasteiger partial charge in [-0.25, -0.2) is 24.1 Å². The molecule has 3 heterocycles. The Bertz CT molecular complexity index is 946. The van der Waals surface area contributed by atoms with Gasteiger partial charge in [-0.1, -0.05) is 0 Å². The molecule has 0 spiro atoms. The predicted octanol–water partition coefficient (Wildman–Crippen LogP) is -2.89. The van der Waals surface area contributed by atoms with Crippen LogP contribution in [-0.2, 0) is 22.7 Å². The topological polar surface area (TPSA) is 233 Å². The van der Waals surface area contributed by atoms with E-state index in [1.165, 1.54) is 10.9 Å². The van der Waals surface area contributed by atoms with Crippen LogP contribution >= 0.6 is 15.6 Å². The Morgan fingerprint density at radius 3 is 2.33 bits per heavy atom. The molecule has 3 rings (SSSR count). The summed E-state index contributed by atoms with van der Waals surface area (Å²) in [6, 6.07) is 0. The summed E-state index contributed by atoms with van der Waals surface area (Å²) >= 11 is 0. The molecule has 153 valence electrons. The van der Waals surface area contributed by atoms with Crippen molar-refractivity contribution in [3.8, 4) is 0 Å². The summed E-state index contributed by atoms with van der Waals surface area (Å²) in [4.78, 5) is 38.1. The van der Waals surface area contributed by atoms with Crippen LogP contribution in [-0.4, -0.2) is 126 Å². The number of rotatable bonds is 6. The van der Waals surface area contributed by atoms with Crippen molar-refractivity contribution in [3.63, 3.8) is 0 Å². The Labute approximate surface area is 205 Å². The molecule has 0 bridgehead atoms. The van der Waals surface area contributed by atoms with E-state index in [9.17, 15) is 24.2 Å². The Morgan fingerprint density at radius 1 is 1.10 bits per heavy atom. The normalized spacial score (nSPS) is 25.6. The van der Waals surface area contributed by atoms with Crippen LogP contribution in [0.15, 0.2) is 12.7 Å². The van der Waals surface area contributed by atoms with Crippen LogP contribution in [0.5, 0.6) is 0 Å². The van der Waals surface area contributed by atoms with Gasteiger partial charge in [0.25, 0.3) is 0 Å². The number of anilines is 1. The van der Waals surface area contributed by atoms with Gasteiger partial charge in [-0.2, -0.15) is 4.31 Å². The molecule has 0 saturated carbocycles. The maximum atomic E-state index is 11.5. The number of phosphoric acid groups is 2. The molecule has 7 N–H and O–H groups in total. The van der Waals surface area contributed by atoms with Gasteiger partial charge >= 0.3 is 15.6 Å². The smallest absolute Gasteiger partial charge is 0.387 e. The number of imidazole rings is 1. The van der Waals surface area contributed by atoms with Gasteiger partial charge in [-0.3, -0.25) is 9.09 Å². The molecule has 15 nitrogen and oxygen atoms in total. The Hall–Kier alpha value is 0.282. The summed E-state index contributed by atoms with van der Waals surface area (Å²) in [5.41, 5.74) is 6.11. The van der Waals surface area contributed by atoms with E-state index in [0.717, 1.165) is 6.33 Å². The number of phosphoric ester groups is 1. The number of hydrogen-bond donors (Lipinski definition) is 6. The van der Waals surface area contributed by atoms with Crippen LogP contribution in [0.1, 0.15) is 6.23 Å². The molecular formula is C10H15Li3N5O10P2.